The van der Waals surface area contributed by atoms with Crippen molar-refractivity contribution >= 4 is 27.5 Å². The van der Waals surface area contributed by atoms with Crippen LogP contribution in [0, 0.1) is 25.5 Å². The predicted molar refractivity (Wildman–Crippen MR) is 125 cm³/mol. The Labute approximate surface area is 198 Å². The van der Waals surface area contributed by atoms with Gasteiger partial charge in [0.1, 0.15) is 34.1 Å². The van der Waals surface area contributed by atoms with Crippen molar-refractivity contribution in [3.8, 4) is 11.4 Å². The molecule has 0 aliphatic carbocycles. The van der Waals surface area contributed by atoms with E-state index in [1.807, 2.05) is 0 Å². The summed E-state index contributed by atoms with van der Waals surface area (Å²) in [6.07, 6.45) is 0. The fourth-order valence-electron chi connectivity index (χ4n) is 3.06. The monoisotopic (exact) mass is 520 g/mol. The second-order valence-corrected chi connectivity index (χ2v) is 8.96. The van der Waals surface area contributed by atoms with Crippen molar-refractivity contribution in [1.29, 1.82) is 0 Å². The number of benzene rings is 2. The Balaban J connectivity index is 1.95. The highest BCUT2D eigenvalue weighted by Gasteiger charge is 2.24. The van der Waals surface area contributed by atoms with Crippen molar-refractivity contribution in [3.63, 3.8) is 0 Å². The topological polar surface area (TPSA) is 80.6 Å². The van der Waals surface area contributed by atoms with Crippen LogP contribution in [-0.2, 0) is 11.4 Å². The normalized spacial score (nSPS) is 11.4. The average molecular weight is 521 g/mol. The molecule has 6 nitrogen and oxygen atoms in total. The number of carbonyl (C=O) groups excluding carboxylic acids is 1. The Morgan fingerprint density at radius 3 is 2.45 bits per heavy atom. The van der Waals surface area contributed by atoms with Crippen molar-refractivity contribution in [2.75, 3.05) is 5.32 Å². The van der Waals surface area contributed by atoms with E-state index in [0.29, 0.717) is 11.3 Å². The molecule has 1 amide bonds. The lowest BCUT2D eigenvalue weighted by atomic mass is 10.1. The van der Waals surface area contributed by atoms with Gasteiger partial charge in [-0.2, -0.15) is 0 Å². The largest absolute Gasteiger partial charge is 0.487 e. The number of anilines is 1. The molecule has 0 atom stereocenters. The number of aryl methyl sites for hydroxylation is 2. The van der Waals surface area contributed by atoms with E-state index in [1.54, 1.807) is 26.0 Å². The average Bonchev–Trinajstić information content (AvgIpc) is 2.72. The maximum Gasteiger partial charge on any atom is 0.273 e. The van der Waals surface area contributed by atoms with Gasteiger partial charge in [-0.25, -0.2) is 8.78 Å². The molecular weight excluding hydrogens is 498 g/mol. The molecule has 1 heterocycles. The number of aliphatic hydroxyl groups is 1. The van der Waals surface area contributed by atoms with Crippen LogP contribution in [0.3, 0.4) is 0 Å². The molecule has 1 aromatic heterocycles. The van der Waals surface area contributed by atoms with Crippen LogP contribution in [0.25, 0.3) is 5.69 Å². The van der Waals surface area contributed by atoms with Crippen molar-refractivity contribution in [2.24, 2.45) is 0 Å². The number of nitrogens with one attached hydrogen (secondary N) is 1. The Kier molecular flexibility index (Phi) is 7.04. The number of hydrogen-bond donors (Lipinski definition) is 2. The van der Waals surface area contributed by atoms with Crippen molar-refractivity contribution in [1.82, 2.24) is 4.57 Å². The maximum atomic E-state index is 14.7. The highest BCUT2D eigenvalue weighted by atomic mass is 79.9. The van der Waals surface area contributed by atoms with Crippen LogP contribution in [0.2, 0.25) is 0 Å². The van der Waals surface area contributed by atoms with Gasteiger partial charge in [0.2, 0.25) is 0 Å². The number of rotatable bonds is 6. The molecule has 0 fully saturated rings. The third-order valence-corrected chi connectivity index (χ3v) is 5.62. The highest BCUT2D eigenvalue weighted by Crippen LogP contribution is 2.27. The van der Waals surface area contributed by atoms with Crippen LogP contribution in [0.15, 0.2) is 51.7 Å². The second-order valence-electron chi connectivity index (χ2n) is 8.17. The Morgan fingerprint density at radius 1 is 1.12 bits per heavy atom. The lowest BCUT2D eigenvalue weighted by Crippen LogP contribution is -2.36. The standard InChI is InChI=1S/C24H23BrF2N2O4/c1-13-5-6-15(18(27)9-13)12-33-20-10-14(2)29(22(30)21(20)25)19-11-16(7-8-17(19)26)28-23(31)24(3,4)32/h5-11,32H,12H2,1-4H3,(H,28,31). The van der Waals surface area contributed by atoms with E-state index in [9.17, 15) is 23.5 Å². The third-order valence-electron chi connectivity index (χ3n) is 4.89. The first-order valence-corrected chi connectivity index (χ1v) is 10.8. The minimum absolute atomic E-state index is 0.0333. The van der Waals surface area contributed by atoms with E-state index < -0.39 is 28.7 Å². The van der Waals surface area contributed by atoms with Crippen LogP contribution in [0.1, 0.15) is 30.7 Å². The van der Waals surface area contributed by atoms with Gasteiger partial charge in [0.15, 0.2) is 0 Å². The Bertz CT molecular complexity index is 1280. The second kappa shape index (κ2) is 9.44. The summed E-state index contributed by atoms with van der Waals surface area (Å²) >= 11 is 3.20. The Morgan fingerprint density at radius 2 is 1.82 bits per heavy atom. The van der Waals surface area contributed by atoms with E-state index in [-0.39, 0.29) is 28.2 Å². The van der Waals surface area contributed by atoms with E-state index in [0.717, 1.165) is 16.2 Å². The maximum absolute atomic E-state index is 14.7. The van der Waals surface area contributed by atoms with Crippen LogP contribution >= 0.6 is 15.9 Å². The molecule has 0 aliphatic heterocycles. The minimum atomic E-state index is -1.64. The van der Waals surface area contributed by atoms with Crippen LogP contribution < -0.4 is 15.6 Å². The molecular formula is C24H23BrF2N2O4. The smallest absolute Gasteiger partial charge is 0.273 e. The van der Waals surface area contributed by atoms with Gasteiger partial charge >= 0.3 is 0 Å². The molecule has 0 aliphatic rings. The van der Waals surface area contributed by atoms with Crippen LogP contribution in [0.5, 0.6) is 5.75 Å². The molecule has 9 heteroatoms. The van der Waals surface area contributed by atoms with Gasteiger partial charge in [-0.05, 0) is 73.5 Å². The summed E-state index contributed by atoms with van der Waals surface area (Å²) in [5.41, 5.74) is -0.666. The quantitative estimate of drug-likeness (QED) is 0.489. The van der Waals surface area contributed by atoms with Gasteiger partial charge in [-0.1, -0.05) is 12.1 Å². The lowest BCUT2D eigenvalue weighted by Gasteiger charge is -2.18. The van der Waals surface area contributed by atoms with Gasteiger partial charge in [-0.3, -0.25) is 14.2 Å². The van der Waals surface area contributed by atoms with E-state index in [2.05, 4.69) is 21.2 Å². The number of halogens is 3. The van der Waals surface area contributed by atoms with Crippen LogP contribution in [-0.4, -0.2) is 21.2 Å². The summed E-state index contributed by atoms with van der Waals surface area (Å²) in [5, 5.41) is 12.3. The van der Waals surface area contributed by atoms with Crippen molar-refractivity contribution in [2.45, 2.75) is 39.9 Å². The molecule has 0 spiro atoms. The lowest BCUT2D eigenvalue weighted by molar-refractivity contribution is -0.130. The molecule has 0 saturated heterocycles. The zero-order chi connectivity index (χ0) is 24.5. The number of aromatic nitrogens is 1. The molecule has 3 rings (SSSR count). The number of hydrogen-bond acceptors (Lipinski definition) is 4. The number of nitrogens with zero attached hydrogens (tertiary/aromatic N) is 1. The minimum Gasteiger partial charge on any atom is -0.487 e. The summed E-state index contributed by atoms with van der Waals surface area (Å²) in [7, 11) is 0. The van der Waals surface area contributed by atoms with E-state index in [4.69, 9.17) is 4.74 Å². The molecule has 0 radical (unpaired) electrons. The van der Waals surface area contributed by atoms with Crippen molar-refractivity contribution < 1.29 is 23.4 Å². The summed E-state index contributed by atoms with van der Waals surface area (Å²) < 4.78 is 35.6. The molecule has 3 aromatic rings. The molecule has 0 unspecified atom stereocenters. The molecule has 0 bridgehead atoms. The number of pyridine rings is 1. The molecule has 33 heavy (non-hydrogen) atoms. The van der Waals surface area contributed by atoms with E-state index >= 15 is 0 Å². The number of ether oxygens (including phenoxy) is 1. The van der Waals surface area contributed by atoms with Crippen LogP contribution in [0.4, 0.5) is 14.5 Å². The molecule has 174 valence electrons. The van der Waals surface area contributed by atoms with Gasteiger partial charge in [0.05, 0.1) is 5.69 Å². The first kappa shape index (κ1) is 24.6. The highest BCUT2D eigenvalue weighted by molar-refractivity contribution is 9.10. The fourth-order valence-corrected chi connectivity index (χ4v) is 3.46. The fraction of sp³-hybridized carbons (Fsp3) is 0.250. The molecule has 2 N–H and O–H groups in total. The summed E-state index contributed by atoms with van der Waals surface area (Å²) in [6, 6.07) is 10.0. The Hall–Kier alpha value is -3.04. The van der Waals surface area contributed by atoms with E-state index in [1.165, 1.54) is 38.1 Å². The zero-order valence-corrected chi connectivity index (χ0v) is 20.1. The van der Waals surface area contributed by atoms with Gasteiger partial charge in [0.25, 0.3) is 11.5 Å². The van der Waals surface area contributed by atoms with Crippen molar-refractivity contribution in [3.05, 3.63) is 85.7 Å². The SMILES string of the molecule is Cc1ccc(COc2cc(C)n(-c3cc(NC(=O)C(C)(C)O)ccc3F)c(=O)c2Br)c(F)c1. The first-order valence-electron chi connectivity index (χ1n) is 10.0. The van der Waals surface area contributed by atoms with Gasteiger partial charge in [0, 0.05) is 23.0 Å². The number of carbonyl (C=O) groups is 1. The van der Waals surface area contributed by atoms with Gasteiger partial charge in [-0.15, -0.1) is 0 Å². The molecule has 0 saturated carbocycles. The summed E-state index contributed by atoms with van der Waals surface area (Å²) in [4.78, 5) is 25.1. The number of amides is 1. The first-order chi connectivity index (χ1) is 15.4. The van der Waals surface area contributed by atoms with Gasteiger partial charge < -0.3 is 15.2 Å². The third kappa shape index (κ3) is 5.48. The summed E-state index contributed by atoms with van der Waals surface area (Å²) in [6.45, 7) is 5.91. The zero-order valence-electron chi connectivity index (χ0n) is 18.5. The summed E-state index contributed by atoms with van der Waals surface area (Å²) in [5.74, 6) is -1.61. The molecule has 2 aromatic carbocycles. The predicted octanol–water partition coefficient (Wildman–Crippen LogP) is 4.78.